The van der Waals surface area contributed by atoms with Gasteiger partial charge in [0.05, 0.1) is 17.1 Å². The number of furan rings is 1. The molecule has 0 bridgehead atoms. The summed E-state index contributed by atoms with van der Waals surface area (Å²) in [6, 6.07) is 15.1. The van der Waals surface area contributed by atoms with Crippen LogP contribution in [0.25, 0.3) is 22.0 Å². The van der Waals surface area contributed by atoms with E-state index in [0.717, 1.165) is 9.95 Å². The van der Waals surface area contributed by atoms with Crippen LogP contribution in [0.15, 0.2) is 59.0 Å². The van der Waals surface area contributed by atoms with E-state index in [-0.39, 0.29) is 11.0 Å². The molecular weight excluding hydrogens is 383 g/mol. The number of amides is 1. The highest BCUT2D eigenvalue weighted by Gasteiger charge is 2.38. The van der Waals surface area contributed by atoms with Gasteiger partial charge in [0.2, 0.25) is 11.7 Å². The molecule has 2 aromatic heterocycles. The van der Waals surface area contributed by atoms with Crippen molar-refractivity contribution in [1.82, 2.24) is 14.5 Å². The second kappa shape index (κ2) is 6.95. The molecule has 5 nitrogen and oxygen atoms in total. The van der Waals surface area contributed by atoms with Crippen LogP contribution in [0, 0.1) is 0 Å². The molecule has 8 heteroatoms. The molecule has 0 saturated heterocycles. The van der Waals surface area contributed by atoms with Crippen LogP contribution in [-0.4, -0.2) is 27.4 Å². The molecule has 2 aromatic carbocycles. The third kappa shape index (κ3) is 3.46. The fourth-order valence-electron chi connectivity index (χ4n) is 3.31. The van der Waals surface area contributed by atoms with Gasteiger partial charge in [-0.3, -0.25) is 4.79 Å². The number of hydrogen-bond donors (Lipinski definition) is 0. The maximum absolute atomic E-state index is 13.5. The van der Waals surface area contributed by atoms with Gasteiger partial charge in [-0.15, -0.1) is 0 Å². The lowest BCUT2D eigenvalue weighted by Crippen LogP contribution is -2.33. The van der Waals surface area contributed by atoms with E-state index in [4.69, 9.17) is 4.42 Å². The molecule has 0 N–H and O–H groups in total. The number of rotatable bonds is 4. The van der Waals surface area contributed by atoms with E-state index < -0.39 is 30.5 Å². The van der Waals surface area contributed by atoms with E-state index in [2.05, 4.69) is 4.98 Å². The maximum Gasteiger partial charge on any atom is 0.449 e. The summed E-state index contributed by atoms with van der Waals surface area (Å²) in [7, 11) is 1.55. The molecule has 1 atom stereocenters. The van der Waals surface area contributed by atoms with Crippen LogP contribution in [0.3, 0.4) is 0 Å². The number of fused-ring (bicyclic) bond motifs is 2. The predicted molar refractivity (Wildman–Crippen MR) is 102 cm³/mol. The fraction of sp³-hybridized carbons (Fsp3) is 0.238. The zero-order chi connectivity index (χ0) is 20.8. The molecule has 0 aliphatic rings. The van der Waals surface area contributed by atoms with Gasteiger partial charge in [-0.2, -0.15) is 13.2 Å². The van der Waals surface area contributed by atoms with Crippen molar-refractivity contribution in [2.45, 2.75) is 25.7 Å². The lowest BCUT2D eigenvalue weighted by molar-refractivity contribution is -0.148. The molecule has 0 fully saturated rings. The second-order valence-corrected chi connectivity index (χ2v) is 6.88. The Balaban J connectivity index is 1.63. The first-order valence-electron chi connectivity index (χ1n) is 9.02. The Morgan fingerprint density at radius 3 is 2.59 bits per heavy atom. The second-order valence-electron chi connectivity index (χ2n) is 6.88. The largest absolute Gasteiger partial charge is 0.459 e. The number of nitrogens with zero attached hydrogens (tertiary/aromatic N) is 3. The van der Waals surface area contributed by atoms with Gasteiger partial charge in [-0.1, -0.05) is 30.3 Å². The summed E-state index contributed by atoms with van der Waals surface area (Å²) in [6.45, 7) is 1.29. The first-order valence-corrected chi connectivity index (χ1v) is 9.02. The molecule has 4 aromatic rings. The molecule has 2 heterocycles. The number of carbonyl (C=O) groups is 1. The number of para-hydroxylation sites is 3. The van der Waals surface area contributed by atoms with E-state index >= 15 is 0 Å². The Labute approximate surface area is 164 Å². The van der Waals surface area contributed by atoms with Crippen LogP contribution >= 0.6 is 0 Å². The molecule has 0 aliphatic carbocycles. The van der Waals surface area contributed by atoms with Crippen molar-refractivity contribution in [3.63, 3.8) is 0 Å². The fourth-order valence-corrected chi connectivity index (χ4v) is 3.31. The normalized spacial score (nSPS) is 13.1. The Bertz CT molecular complexity index is 1160. The van der Waals surface area contributed by atoms with Gasteiger partial charge in [0.1, 0.15) is 17.9 Å². The summed E-state index contributed by atoms with van der Waals surface area (Å²) >= 11 is 0. The average molecular weight is 401 g/mol. The number of halogens is 3. The van der Waals surface area contributed by atoms with Crippen molar-refractivity contribution in [2.75, 3.05) is 7.05 Å². The van der Waals surface area contributed by atoms with Gasteiger partial charge in [0.25, 0.3) is 0 Å². The minimum Gasteiger partial charge on any atom is -0.459 e. The zero-order valence-corrected chi connectivity index (χ0v) is 15.8. The highest BCUT2D eigenvalue weighted by molar-refractivity contribution is 5.82. The van der Waals surface area contributed by atoms with Crippen molar-refractivity contribution in [2.24, 2.45) is 0 Å². The molecule has 1 amide bonds. The van der Waals surface area contributed by atoms with Crippen molar-refractivity contribution in [3.05, 3.63) is 66.2 Å². The first-order chi connectivity index (χ1) is 13.8. The van der Waals surface area contributed by atoms with Crippen molar-refractivity contribution in [1.29, 1.82) is 0 Å². The minimum atomic E-state index is -4.66. The molecular formula is C21H18F3N3O2. The Hall–Kier alpha value is -3.29. The molecule has 1 unspecified atom stereocenters. The summed E-state index contributed by atoms with van der Waals surface area (Å²) in [6.07, 6.45) is -4.66. The topological polar surface area (TPSA) is 51.3 Å². The van der Waals surface area contributed by atoms with Crippen LogP contribution in [0.5, 0.6) is 0 Å². The number of alkyl halides is 3. The molecule has 29 heavy (non-hydrogen) atoms. The molecule has 0 spiro atoms. The van der Waals surface area contributed by atoms with E-state index in [1.165, 1.54) is 17.0 Å². The highest BCUT2D eigenvalue weighted by atomic mass is 19.4. The molecule has 0 radical (unpaired) electrons. The number of imidazole rings is 1. The number of aromatic nitrogens is 2. The average Bonchev–Trinajstić information content (AvgIpc) is 3.28. The number of likely N-dealkylation sites (N-methyl/N-ethyl adjacent to an activating group) is 1. The van der Waals surface area contributed by atoms with Crippen molar-refractivity contribution in [3.8, 4) is 0 Å². The highest BCUT2D eigenvalue weighted by Crippen LogP contribution is 2.32. The Morgan fingerprint density at radius 2 is 1.86 bits per heavy atom. The lowest BCUT2D eigenvalue weighted by Gasteiger charge is -2.24. The van der Waals surface area contributed by atoms with E-state index in [0.29, 0.717) is 11.3 Å². The number of hydrogen-bond acceptors (Lipinski definition) is 3. The minimum absolute atomic E-state index is 0.195. The van der Waals surface area contributed by atoms with Crippen molar-refractivity contribution < 1.29 is 22.4 Å². The molecule has 150 valence electrons. The van der Waals surface area contributed by atoms with Crippen LogP contribution in [0.4, 0.5) is 13.2 Å². The van der Waals surface area contributed by atoms with Gasteiger partial charge >= 0.3 is 6.18 Å². The first kappa shape index (κ1) is 19.0. The summed E-state index contributed by atoms with van der Waals surface area (Å²) in [5.41, 5.74) is 1.15. The number of benzene rings is 2. The van der Waals surface area contributed by atoms with Gasteiger partial charge in [-0.05, 0) is 31.2 Å². The maximum atomic E-state index is 13.5. The smallest absolute Gasteiger partial charge is 0.449 e. The standard InChI is InChI=1S/C21H18F3N3O2/c1-13(18-11-14-7-3-6-10-17(14)29-18)26(2)19(28)12-27-16-9-5-4-8-15(16)25-20(27)21(22,23)24/h3-11,13H,12H2,1-2H3. The molecule has 4 rings (SSSR count). The Morgan fingerprint density at radius 1 is 1.17 bits per heavy atom. The van der Waals surface area contributed by atoms with Crippen LogP contribution in [-0.2, 0) is 17.5 Å². The monoisotopic (exact) mass is 401 g/mol. The quantitative estimate of drug-likeness (QED) is 0.482. The third-order valence-corrected chi connectivity index (χ3v) is 5.03. The lowest BCUT2D eigenvalue weighted by atomic mass is 10.2. The van der Waals surface area contributed by atoms with E-state index in [9.17, 15) is 18.0 Å². The molecule has 0 saturated carbocycles. The van der Waals surface area contributed by atoms with Crippen LogP contribution in [0.2, 0.25) is 0 Å². The zero-order valence-electron chi connectivity index (χ0n) is 15.8. The van der Waals surface area contributed by atoms with Gasteiger partial charge in [0, 0.05) is 12.4 Å². The van der Waals surface area contributed by atoms with Crippen LogP contribution < -0.4 is 0 Å². The van der Waals surface area contributed by atoms with Gasteiger partial charge < -0.3 is 13.9 Å². The SMILES string of the molecule is CC(c1cc2ccccc2o1)N(C)C(=O)Cn1c(C(F)(F)F)nc2ccccc21. The number of carbonyl (C=O) groups excluding carboxylic acids is 1. The summed E-state index contributed by atoms with van der Waals surface area (Å²) in [5, 5.41) is 0.898. The van der Waals surface area contributed by atoms with E-state index in [1.54, 1.807) is 26.1 Å². The van der Waals surface area contributed by atoms with E-state index in [1.807, 2.05) is 30.3 Å². The predicted octanol–water partition coefficient (Wildman–Crippen LogP) is 5.02. The van der Waals surface area contributed by atoms with Gasteiger partial charge in [0.15, 0.2) is 0 Å². The Kier molecular flexibility index (Phi) is 4.56. The summed E-state index contributed by atoms with van der Waals surface area (Å²) < 4.78 is 47.1. The summed E-state index contributed by atoms with van der Waals surface area (Å²) in [5.74, 6) is -1.00. The molecule has 0 aliphatic heterocycles. The summed E-state index contributed by atoms with van der Waals surface area (Å²) in [4.78, 5) is 17.9. The van der Waals surface area contributed by atoms with Crippen LogP contribution in [0.1, 0.15) is 24.6 Å². The van der Waals surface area contributed by atoms with Crippen molar-refractivity contribution >= 4 is 27.9 Å². The van der Waals surface area contributed by atoms with Gasteiger partial charge in [-0.25, -0.2) is 4.98 Å². The third-order valence-electron chi connectivity index (χ3n) is 5.03.